The van der Waals surface area contributed by atoms with Crippen molar-refractivity contribution in [1.82, 2.24) is 16.0 Å². The van der Waals surface area contributed by atoms with E-state index in [0.29, 0.717) is 19.7 Å². The molecule has 1 atom stereocenters. The molecule has 16 heavy (non-hydrogen) atoms. The maximum absolute atomic E-state index is 11.5. The monoisotopic (exact) mass is 273 g/mol. The molecular weight excluding hydrogens is 253 g/mol. The van der Waals surface area contributed by atoms with E-state index in [1.165, 1.54) is 0 Å². The van der Waals surface area contributed by atoms with Crippen molar-refractivity contribution in [2.45, 2.75) is 13.0 Å². The predicted molar refractivity (Wildman–Crippen MR) is 68.7 cm³/mol. The third-order valence-corrected chi connectivity index (χ3v) is 2.07. The summed E-state index contributed by atoms with van der Waals surface area (Å²) in [4.78, 5) is 11.5. The van der Waals surface area contributed by atoms with Gasteiger partial charge in [-0.3, -0.25) is 4.79 Å². The van der Waals surface area contributed by atoms with Gasteiger partial charge >= 0.3 is 0 Å². The van der Waals surface area contributed by atoms with Gasteiger partial charge in [0.05, 0.1) is 6.61 Å². The van der Waals surface area contributed by atoms with Crippen molar-refractivity contribution in [3.8, 4) is 0 Å². The van der Waals surface area contributed by atoms with E-state index >= 15 is 0 Å². The number of rotatable bonds is 5. The predicted octanol–water partition coefficient (Wildman–Crippen LogP) is -0.456. The molecule has 98 valence electrons. The molecule has 0 aromatic carbocycles. The van der Waals surface area contributed by atoms with Crippen LogP contribution in [0.25, 0.3) is 0 Å². The molecule has 5 nitrogen and oxygen atoms in total. The summed E-state index contributed by atoms with van der Waals surface area (Å²) in [6.07, 6.45) is -0.314. The van der Waals surface area contributed by atoms with E-state index in [1.54, 1.807) is 0 Å². The zero-order valence-corrected chi connectivity index (χ0v) is 11.1. The second-order valence-electron chi connectivity index (χ2n) is 3.21. The van der Waals surface area contributed by atoms with Gasteiger partial charge in [0.1, 0.15) is 6.10 Å². The third-order valence-electron chi connectivity index (χ3n) is 2.07. The van der Waals surface area contributed by atoms with Crippen LogP contribution >= 0.6 is 24.8 Å². The SMILES string of the molecule is CCNCCNC(=O)[C@H]1CNCCO1.Cl.Cl. The van der Waals surface area contributed by atoms with Crippen LogP contribution in [0.15, 0.2) is 0 Å². The lowest BCUT2D eigenvalue weighted by Gasteiger charge is -2.22. The standard InChI is InChI=1S/C9H19N3O2.2ClH/c1-2-10-3-4-12-9(13)8-7-11-5-6-14-8;;/h8,10-11H,2-7H2,1H3,(H,12,13);2*1H/t8-;;/m1../s1. The molecule has 0 aliphatic carbocycles. The largest absolute Gasteiger partial charge is 0.366 e. The van der Waals surface area contributed by atoms with Crippen molar-refractivity contribution < 1.29 is 9.53 Å². The Labute approximate surface area is 109 Å². The van der Waals surface area contributed by atoms with Gasteiger partial charge in [-0.25, -0.2) is 0 Å². The first-order valence-corrected chi connectivity index (χ1v) is 5.15. The normalized spacial score (nSPS) is 19.2. The number of hydrogen-bond acceptors (Lipinski definition) is 4. The minimum absolute atomic E-state index is 0. The molecule has 0 saturated carbocycles. The second-order valence-corrected chi connectivity index (χ2v) is 3.21. The molecule has 1 aliphatic heterocycles. The summed E-state index contributed by atoms with van der Waals surface area (Å²) in [7, 11) is 0. The number of amides is 1. The maximum Gasteiger partial charge on any atom is 0.250 e. The highest BCUT2D eigenvalue weighted by Gasteiger charge is 2.20. The van der Waals surface area contributed by atoms with Crippen LogP contribution in [0.3, 0.4) is 0 Å². The first kappa shape index (κ1) is 18.3. The molecule has 3 N–H and O–H groups in total. The van der Waals surface area contributed by atoms with Crippen molar-refractivity contribution in [3.05, 3.63) is 0 Å². The van der Waals surface area contributed by atoms with Gasteiger partial charge in [0.2, 0.25) is 0 Å². The average Bonchev–Trinajstić information content (AvgIpc) is 2.25. The van der Waals surface area contributed by atoms with Gasteiger partial charge in [0.15, 0.2) is 0 Å². The van der Waals surface area contributed by atoms with E-state index in [1.807, 2.05) is 6.92 Å². The van der Waals surface area contributed by atoms with E-state index in [-0.39, 0.29) is 36.8 Å². The lowest BCUT2D eigenvalue weighted by molar-refractivity contribution is -0.134. The fourth-order valence-electron chi connectivity index (χ4n) is 1.30. The molecule has 0 radical (unpaired) electrons. The second kappa shape index (κ2) is 11.4. The molecule has 1 amide bonds. The summed E-state index contributed by atoms with van der Waals surface area (Å²) in [5.74, 6) is -0.0184. The summed E-state index contributed by atoms with van der Waals surface area (Å²) in [6.45, 7) is 6.50. The fraction of sp³-hybridized carbons (Fsp3) is 0.889. The quantitative estimate of drug-likeness (QED) is 0.594. The number of hydrogen-bond donors (Lipinski definition) is 3. The number of carbonyl (C=O) groups is 1. The fourth-order valence-corrected chi connectivity index (χ4v) is 1.30. The van der Waals surface area contributed by atoms with E-state index in [0.717, 1.165) is 19.6 Å². The Bertz CT molecular complexity index is 178. The van der Waals surface area contributed by atoms with Gasteiger partial charge < -0.3 is 20.7 Å². The Morgan fingerprint density at radius 3 is 2.75 bits per heavy atom. The van der Waals surface area contributed by atoms with E-state index in [4.69, 9.17) is 4.74 Å². The summed E-state index contributed by atoms with van der Waals surface area (Å²) in [6, 6.07) is 0. The number of nitrogens with one attached hydrogen (secondary N) is 3. The Kier molecular flexibility index (Phi) is 13.1. The van der Waals surface area contributed by atoms with Crippen LogP contribution in [0, 0.1) is 0 Å². The van der Waals surface area contributed by atoms with Crippen LogP contribution in [-0.4, -0.2) is 51.3 Å². The molecular formula is C9H21Cl2N3O2. The Hall–Kier alpha value is -0.0700. The van der Waals surface area contributed by atoms with Crippen LogP contribution < -0.4 is 16.0 Å². The summed E-state index contributed by atoms with van der Waals surface area (Å²) in [5, 5.41) is 9.07. The Morgan fingerprint density at radius 2 is 2.19 bits per heavy atom. The zero-order valence-electron chi connectivity index (χ0n) is 9.45. The lowest BCUT2D eigenvalue weighted by Crippen LogP contribution is -2.48. The van der Waals surface area contributed by atoms with E-state index in [9.17, 15) is 4.79 Å². The molecule has 0 spiro atoms. The van der Waals surface area contributed by atoms with Gasteiger partial charge in [-0.1, -0.05) is 6.92 Å². The molecule has 1 saturated heterocycles. The van der Waals surface area contributed by atoms with Crippen molar-refractivity contribution >= 4 is 30.7 Å². The Morgan fingerprint density at radius 1 is 1.44 bits per heavy atom. The van der Waals surface area contributed by atoms with Crippen LogP contribution in [0.2, 0.25) is 0 Å². The highest BCUT2D eigenvalue weighted by Crippen LogP contribution is 1.94. The lowest BCUT2D eigenvalue weighted by atomic mass is 10.3. The van der Waals surface area contributed by atoms with Gasteiger partial charge in [0.25, 0.3) is 5.91 Å². The number of halogens is 2. The molecule has 1 heterocycles. The van der Waals surface area contributed by atoms with Crippen molar-refractivity contribution in [2.24, 2.45) is 0 Å². The molecule has 0 aromatic heterocycles. The van der Waals surface area contributed by atoms with Crippen LogP contribution in [0.4, 0.5) is 0 Å². The zero-order chi connectivity index (χ0) is 10.2. The number of carbonyl (C=O) groups excluding carboxylic acids is 1. The van der Waals surface area contributed by atoms with E-state index < -0.39 is 0 Å². The molecule has 0 bridgehead atoms. The van der Waals surface area contributed by atoms with Gasteiger partial charge in [-0.05, 0) is 6.54 Å². The number of morpholine rings is 1. The molecule has 1 fully saturated rings. The van der Waals surface area contributed by atoms with Crippen molar-refractivity contribution in [3.63, 3.8) is 0 Å². The summed E-state index contributed by atoms with van der Waals surface area (Å²) in [5.41, 5.74) is 0. The molecule has 1 rings (SSSR count). The maximum atomic E-state index is 11.5. The van der Waals surface area contributed by atoms with E-state index in [2.05, 4.69) is 16.0 Å². The topological polar surface area (TPSA) is 62.4 Å². The number of ether oxygens (including phenoxy) is 1. The number of likely N-dealkylation sites (N-methyl/N-ethyl adjacent to an activating group) is 1. The average molecular weight is 274 g/mol. The minimum Gasteiger partial charge on any atom is -0.366 e. The molecule has 7 heteroatoms. The van der Waals surface area contributed by atoms with Gasteiger partial charge in [0, 0.05) is 26.2 Å². The van der Waals surface area contributed by atoms with Crippen LogP contribution in [0.1, 0.15) is 6.92 Å². The minimum atomic E-state index is -0.314. The highest BCUT2D eigenvalue weighted by molar-refractivity contribution is 5.85. The van der Waals surface area contributed by atoms with Gasteiger partial charge in [-0.2, -0.15) is 0 Å². The Balaban J connectivity index is 0. The third kappa shape index (κ3) is 7.24. The summed E-state index contributed by atoms with van der Waals surface area (Å²) < 4.78 is 5.30. The van der Waals surface area contributed by atoms with Crippen molar-refractivity contribution in [1.29, 1.82) is 0 Å². The highest BCUT2D eigenvalue weighted by atomic mass is 35.5. The first-order chi connectivity index (χ1) is 6.84. The van der Waals surface area contributed by atoms with Crippen LogP contribution in [-0.2, 0) is 9.53 Å². The van der Waals surface area contributed by atoms with Crippen molar-refractivity contribution in [2.75, 3.05) is 39.3 Å². The summed E-state index contributed by atoms with van der Waals surface area (Å²) >= 11 is 0. The smallest absolute Gasteiger partial charge is 0.250 e. The first-order valence-electron chi connectivity index (χ1n) is 5.15. The molecule has 0 aromatic rings. The molecule has 0 unspecified atom stereocenters. The molecule has 1 aliphatic rings. The van der Waals surface area contributed by atoms with Gasteiger partial charge in [-0.15, -0.1) is 24.8 Å². The van der Waals surface area contributed by atoms with Crippen LogP contribution in [0.5, 0.6) is 0 Å².